The summed E-state index contributed by atoms with van der Waals surface area (Å²) in [4.78, 5) is 11.1. The molecule has 4 rings (SSSR count). The highest BCUT2D eigenvalue weighted by atomic mass is 16.3. The zero-order chi connectivity index (χ0) is 18.8. The third kappa shape index (κ3) is 3.46. The van der Waals surface area contributed by atoms with Gasteiger partial charge < -0.3 is 10.0 Å². The summed E-state index contributed by atoms with van der Waals surface area (Å²) in [5, 5.41) is 13.8. The smallest absolute Gasteiger partial charge is 0.254 e. The van der Waals surface area contributed by atoms with Gasteiger partial charge in [-0.3, -0.25) is 0 Å². The molecule has 1 N–H and O–H groups in total. The topological polar surface area (TPSA) is 66.5 Å². The zero-order valence-electron chi connectivity index (χ0n) is 15.3. The Kier molecular flexibility index (Phi) is 4.46. The van der Waals surface area contributed by atoms with E-state index in [0.29, 0.717) is 5.78 Å². The molecule has 4 aromatic rings. The fraction of sp³-hybridized carbons (Fsp3) is 0.190. The molecule has 27 heavy (non-hydrogen) atoms. The van der Waals surface area contributed by atoms with Gasteiger partial charge in [-0.25, -0.2) is 4.98 Å². The van der Waals surface area contributed by atoms with E-state index < -0.39 is 0 Å². The Bertz CT molecular complexity index is 1040. The molecule has 2 aromatic heterocycles. The first-order valence-corrected chi connectivity index (χ1v) is 8.89. The SMILES string of the molecule is CC(Cc1ccc(O)cc1)N(C)c1cc(-c2ccccc2)nc2ncnn12. The maximum Gasteiger partial charge on any atom is 0.254 e. The van der Waals surface area contributed by atoms with Gasteiger partial charge in [-0.15, -0.1) is 0 Å². The lowest BCUT2D eigenvalue weighted by atomic mass is 10.1. The third-order valence-electron chi connectivity index (χ3n) is 4.79. The molecule has 0 saturated carbocycles. The number of phenols is 1. The van der Waals surface area contributed by atoms with Crippen molar-refractivity contribution >= 4 is 11.6 Å². The molecule has 1 unspecified atom stereocenters. The van der Waals surface area contributed by atoms with E-state index in [0.717, 1.165) is 23.5 Å². The maximum absolute atomic E-state index is 9.48. The average molecular weight is 359 g/mol. The van der Waals surface area contributed by atoms with E-state index in [4.69, 9.17) is 0 Å². The number of hydrogen-bond acceptors (Lipinski definition) is 5. The molecule has 0 radical (unpaired) electrons. The van der Waals surface area contributed by atoms with E-state index in [-0.39, 0.29) is 11.8 Å². The third-order valence-corrected chi connectivity index (χ3v) is 4.79. The van der Waals surface area contributed by atoms with Crippen LogP contribution in [0.5, 0.6) is 5.75 Å². The van der Waals surface area contributed by atoms with Crippen LogP contribution in [0.25, 0.3) is 17.0 Å². The molecule has 0 aliphatic carbocycles. The molecular formula is C21H21N5O. The normalized spacial score (nSPS) is 12.2. The largest absolute Gasteiger partial charge is 0.508 e. The van der Waals surface area contributed by atoms with Crippen molar-refractivity contribution in [1.29, 1.82) is 0 Å². The Hall–Kier alpha value is -3.41. The van der Waals surface area contributed by atoms with E-state index in [1.165, 1.54) is 11.9 Å². The lowest BCUT2D eigenvalue weighted by Crippen LogP contribution is -2.32. The summed E-state index contributed by atoms with van der Waals surface area (Å²) >= 11 is 0. The van der Waals surface area contributed by atoms with Crippen LogP contribution < -0.4 is 4.90 Å². The van der Waals surface area contributed by atoms with Crippen molar-refractivity contribution in [2.24, 2.45) is 0 Å². The summed E-state index contributed by atoms with van der Waals surface area (Å²) in [6.07, 6.45) is 2.37. The van der Waals surface area contributed by atoms with Crippen LogP contribution in [0.4, 0.5) is 5.82 Å². The number of fused-ring (bicyclic) bond motifs is 1. The fourth-order valence-corrected chi connectivity index (χ4v) is 3.14. The maximum atomic E-state index is 9.48. The predicted molar refractivity (Wildman–Crippen MR) is 106 cm³/mol. The van der Waals surface area contributed by atoms with Gasteiger partial charge in [0.25, 0.3) is 5.78 Å². The second-order valence-electron chi connectivity index (χ2n) is 6.67. The van der Waals surface area contributed by atoms with E-state index in [9.17, 15) is 5.11 Å². The molecule has 6 heteroatoms. The van der Waals surface area contributed by atoms with Crippen LogP contribution in [0.15, 0.2) is 67.0 Å². The number of rotatable bonds is 5. The molecule has 0 bridgehead atoms. The Morgan fingerprint density at radius 3 is 2.56 bits per heavy atom. The molecule has 0 aliphatic rings. The second-order valence-corrected chi connectivity index (χ2v) is 6.67. The summed E-state index contributed by atoms with van der Waals surface area (Å²) in [7, 11) is 2.05. The van der Waals surface area contributed by atoms with Crippen LogP contribution in [0, 0.1) is 0 Å². The van der Waals surface area contributed by atoms with Gasteiger partial charge in [-0.2, -0.15) is 14.6 Å². The highest BCUT2D eigenvalue weighted by molar-refractivity contribution is 5.65. The number of likely N-dealkylation sites (N-methyl/N-ethyl adjacent to an activating group) is 1. The van der Waals surface area contributed by atoms with E-state index in [2.05, 4.69) is 33.9 Å². The lowest BCUT2D eigenvalue weighted by molar-refractivity contribution is 0.475. The molecule has 1 atom stereocenters. The highest BCUT2D eigenvalue weighted by Crippen LogP contribution is 2.25. The second kappa shape index (κ2) is 7.07. The molecule has 0 fully saturated rings. The predicted octanol–water partition coefficient (Wildman–Crippen LogP) is 3.56. The molecular weight excluding hydrogens is 338 g/mol. The fourth-order valence-electron chi connectivity index (χ4n) is 3.14. The number of nitrogens with zero attached hydrogens (tertiary/aromatic N) is 5. The van der Waals surface area contributed by atoms with Crippen LogP contribution in [0.3, 0.4) is 0 Å². The number of hydrogen-bond donors (Lipinski definition) is 1. The van der Waals surface area contributed by atoms with E-state index in [1.807, 2.05) is 48.5 Å². The first kappa shape index (κ1) is 17.0. The summed E-state index contributed by atoms with van der Waals surface area (Å²) in [5.41, 5.74) is 3.08. The number of aromatic hydroxyl groups is 1. The molecule has 0 aliphatic heterocycles. The highest BCUT2D eigenvalue weighted by Gasteiger charge is 2.17. The summed E-state index contributed by atoms with van der Waals surface area (Å²) in [6, 6.07) is 19.7. The van der Waals surface area contributed by atoms with Gasteiger partial charge in [0, 0.05) is 24.7 Å². The number of benzene rings is 2. The Morgan fingerprint density at radius 1 is 1.07 bits per heavy atom. The van der Waals surface area contributed by atoms with Gasteiger partial charge in [0.15, 0.2) is 0 Å². The average Bonchev–Trinajstić information content (AvgIpc) is 3.18. The Balaban J connectivity index is 1.69. The van der Waals surface area contributed by atoms with Gasteiger partial charge in [-0.1, -0.05) is 42.5 Å². The lowest BCUT2D eigenvalue weighted by Gasteiger charge is -2.27. The summed E-state index contributed by atoms with van der Waals surface area (Å²) < 4.78 is 1.76. The number of aromatic nitrogens is 4. The minimum Gasteiger partial charge on any atom is -0.508 e. The summed E-state index contributed by atoms with van der Waals surface area (Å²) in [5.74, 6) is 1.79. The van der Waals surface area contributed by atoms with Crippen LogP contribution >= 0.6 is 0 Å². The minimum absolute atomic E-state index is 0.216. The monoisotopic (exact) mass is 359 g/mol. The standard InChI is InChI=1S/C21H21N5O/c1-15(12-16-8-10-18(27)11-9-16)25(2)20-13-19(17-6-4-3-5-7-17)24-21-22-14-23-26(20)21/h3-11,13-15,27H,12H2,1-2H3. The molecule has 136 valence electrons. The van der Waals surface area contributed by atoms with Crippen LogP contribution in [0.2, 0.25) is 0 Å². The van der Waals surface area contributed by atoms with E-state index in [1.54, 1.807) is 16.6 Å². The van der Waals surface area contributed by atoms with Crippen molar-refractivity contribution < 1.29 is 5.11 Å². The van der Waals surface area contributed by atoms with Gasteiger partial charge in [0.1, 0.15) is 17.9 Å². The molecule has 0 amide bonds. The molecule has 2 heterocycles. The number of anilines is 1. The summed E-state index contributed by atoms with van der Waals surface area (Å²) in [6.45, 7) is 2.16. The molecule has 0 spiro atoms. The van der Waals surface area contributed by atoms with Crippen LogP contribution in [-0.2, 0) is 6.42 Å². The first-order valence-electron chi connectivity index (χ1n) is 8.89. The van der Waals surface area contributed by atoms with Crippen LogP contribution in [-0.4, -0.2) is 37.8 Å². The van der Waals surface area contributed by atoms with Gasteiger partial charge in [-0.05, 0) is 31.0 Å². The van der Waals surface area contributed by atoms with Crippen molar-refractivity contribution in [3.8, 4) is 17.0 Å². The molecule has 0 saturated heterocycles. The Labute approximate surface area is 157 Å². The van der Waals surface area contributed by atoms with E-state index >= 15 is 0 Å². The van der Waals surface area contributed by atoms with Crippen molar-refractivity contribution in [3.05, 3.63) is 72.6 Å². The van der Waals surface area contributed by atoms with Crippen molar-refractivity contribution in [2.75, 3.05) is 11.9 Å². The zero-order valence-corrected chi connectivity index (χ0v) is 15.3. The van der Waals surface area contributed by atoms with Crippen molar-refractivity contribution in [1.82, 2.24) is 19.6 Å². The first-order chi connectivity index (χ1) is 13.1. The van der Waals surface area contributed by atoms with Gasteiger partial charge >= 0.3 is 0 Å². The molecule has 2 aromatic carbocycles. The van der Waals surface area contributed by atoms with Gasteiger partial charge in [0.05, 0.1) is 5.69 Å². The minimum atomic E-state index is 0.216. The van der Waals surface area contributed by atoms with Crippen molar-refractivity contribution in [3.63, 3.8) is 0 Å². The number of phenolic OH excluding ortho intramolecular Hbond substituents is 1. The Morgan fingerprint density at radius 2 is 1.81 bits per heavy atom. The molecule has 6 nitrogen and oxygen atoms in total. The quantitative estimate of drug-likeness (QED) is 0.590. The van der Waals surface area contributed by atoms with Gasteiger partial charge in [0.2, 0.25) is 0 Å². The van der Waals surface area contributed by atoms with Crippen LogP contribution in [0.1, 0.15) is 12.5 Å². The van der Waals surface area contributed by atoms with Crippen molar-refractivity contribution in [2.45, 2.75) is 19.4 Å².